The molecular formula is C14H24ClN3. The predicted molar refractivity (Wildman–Crippen MR) is 78.2 cm³/mol. The number of hydrogen-bond donors (Lipinski definition) is 1. The van der Waals surface area contributed by atoms with Gasteiger partial charge < -0.3 is 5.32 Å². The standard InChI is InChI=1S/C14H24ClN3/c1-5-7-13-17-12(15)9-14(18-13)16-11(4)8-10(3)6-2/h9-11H,5-8H2,1-4H3,(H,16,17,18). The average Bonchev–Trinajstić information content (AvgIpc) is 2.28. The van der Waals surface area contributed by atoms with E-state index in [2.05, 4.69) is 43.0 Å². The lowest BCUT2D eigenvalue weighted by Gasteiger charge is -2.18. The normalized spacial score (nSPS) is 14.3. The van der Waals surface area contributed by atoms with Gasteiger partial charge in [0.05, 0.1) is 0 Å². The predicted octanol–water partition coefficient (Wildman–Crippen LogP) is 4.32. The van der Waals surface area contributed by atoms with E-state index in [0.29, 0.717) is 11.2 Å². The number of anilines is 1. The van der Waals surface area contributed by atoms with E-state index in [0.717, 1.165) is 36.8 Å². The fraction of sp³-hybridized carbons (Fsp3) is 0.714. The molecule has 0 fully saturated rings. The maximum absolute atomic E-state index is 6.01. The quantitative estimate of drug-likeness (QED) is 0.749. The van der Waals surface area contributed by atoms with Crippen LogP contribution in [-0.4, -0.2) is 16.0 Å². The molecule has 1 heterocycles. The van der Waals surface area contributed by atoms with Crippen LogP contribution in [-0.2, 0) is 6.42 Å². The Balaban J connectivity index is 2.65. The first-order chi connectivity index (χ1) is 8.55. The van der Waals surface area contributed by atoms with Crippen LogP contribution >= 0.6 is 11.6 Å². The molecule has 0 aliphatic rings. The highest BCUT2D eigenvalue weighted by molar-refractivity contribution is 6.29. The van der Waals surface area contributed by atoms with Crippen molar-refractivity contribution in [2.75, 3.05) is 5.32 Å². The molecular weight excluding hydrogens is 246 g/mol. The zero-order chi connectivity index (χ0) is 13.5. The largest absolute Gasteiger partial charge is 0.367 e. The Morgan fingerprint density at radius 1 is 1.28 bits per heavy atom. The Kier molecular flexibility index (Phi) is 6.41. The van der Waals surface area contributed by atoms with Gasteiger partial charge in [0.25, 0.3) is 0 Å². The monoisotopic (exact) mass is 269 g/mol. The van der Waals surface area contributed by atoms with Gasteiger partial charge in [-0.2, -0.15) is 0 Å². The summed E-state index contributed by atoms with van der Waals surface area (Å²) in [6.07, 6.45) is 4.25. The zero-order valence-electron chi connectivity index (χ0n) is 11.8. The first-order valence-corrected chi connectivity index (χ1v) is 7.22. The fourth-order valence-electron chi connectivity index (χ4n) is 1.96. The van der Waals surface area contributed by atoms with E-state index < -0.39 is 0 Å². The van der Waals surface area contributed by atoms with Gasteiger partial charge >= 0.3 is 0 Å². The van der Waals surface area contributed by atoms with Crippen LogP contribution in [0.4, 0.5) is 5.82 Å². The highest BCUT2D eigenvalue weighted by Crippen LogP contribution is 2.16. The van der Waals surface area contributed by atoms with Gasteiger partial charge in [-0.05, 0) is 25.7 Å². The van der Waals surface area contributed by atoms with Crippen molar-refractivity contribution in [2.45, 2.75) is 59.4 Å². The molecule has 0 aromatic carbocycles. The molecule has 1 aromatic rings. The summed E-state index contributed by atoms with van der Waals surface area (Å²) in [6.45, 7) is 8.79. The van der Waals surface area contributed by atoms with Crippen LogP contribution in [0.1, 0.15) is 52.8 Å². The Morgan fingerprint density at radius 3 is 2.61 bits per heavy atom. The first kappa shape index (κ1) is 15.2. The molecule has 1 aromatic heterocycles. The minimum atomic E-state index is 0.403. The number of halogens is 1. The maximum atomic E-state index is 6.01. The van der Waals surface area contributed by atoms with Crippen LogP contribution in [0.2, 0.25) is 5.15 Å². The SMILES string of the molecule is CCCc1nc(Cl)cc(NC(C)CC(C)CC)n1. The van der Waals surface area contributed by atoms with Crippen LogP contribution in [0.5, 0.6) is 0 Å². The van der Waals surface area contributed by atoms with Gasteiger partial charge in [0.2, 0.25) is 0 Å². The molecule has 2 atom stereocenters. The van der Waals surface area contributed by atoms with Crippen molar-refractivity contribution in [1.82, 2.24) is 9.97 Å². The van der Waals surface area contributed by atoms with Crippen molar-refractivity contribution >= 4 is 17.4 Å². The minimum Gasteiger partial charge on any atom is -0.367 e. The van der Waals surface area contributed by atoms with E-state index in [9.17, 15) is 0 Å². The lowest BCUT2D eigenvalue weighted by Crippen LogP contribution is -2.19. The van der Waals surface area contributed by atoms with Gasteiger partial charge in [-0.25, -0.2) is 9.97 Å². The Labute approximate surface area is 115 Å². The summed E-state index contributed by atoms with van der Waals surface area (Å²) in [6, 6.07) is 2.20. The first-order valence-electron chi connectivity index (χ1n) is 6.85. The van der Waals surface area contributed by atoms with Gasteiger partial charge in [0.15, 0.2) is 0 Å². The summed E-state index contributed by atoms with van der Waals surface area (Å²) in [7, 11) is 0. The Bertz CT molecular complexity index is 368. The molecule has 18 heavy (non-hydrogen) atoms. The second kappa shape index (κ2) is 7.57. The molecule has 1 rings (SSSR count). The summed E-state index contributed by atoms with van der Waals surface area (Å²) < 4.78 is 0. The van der Waals surface area contributed by atoms with E-state index in [4.69, 9.17) is 11.6 Å². The molecule has 0 aliphatic carbocycles. The second-order valence-corrected chi connectivity index (χ2v) is 5.42. The van der Waals surface area contributed by atoms with Crippen LogP contribution in [0.3, 0.4) is 0 Å². The van der Waals surface area contributed by atoms with Crippen molar-refractivity contribution in [3.05, 3.63) is 17.0 Å². The molecule has 1 N–H and O–H groups in total. The molecule has 102 valence electrons. The second-order valence-electron chi connectivity index (χ2n) is 5.04. The van der Waals surface area contributed by atoms with Gasteiger partial charge in [0.1, 0.15) is 16.8 Å². The third-order valence-corrected chi connectivity index (χ3v) is 3.26. The van der Waals surface area contributed by atoms with Crippen molar-refractivity contribution in [2.24, 2.45) is 5.92 Å². The molecule has 4 heteroatoms. The number of nitrogens with zero attached hydrogens (tertiary/aromatic N) is 2. The van der Waals surface area contributed by atoms with Crippen molar-refractivity contribution < 1.29 is 0 Å². The third-order valence-electron chi connectivity index (χ3n) is 3.06. The summed E-state index contributed by atoms with van der Waals surface area (Å²) in [4.78, 5) is 8.71. The third kappa shape index (κ3) is 5.21. The van der Waals surface area contributed by atoms with Gasteiger partial charge in [-0.3, -0.25) is 0 Å². The van der Waals surface area contributed by atoms with Crippen molar-refractivity contribution in [3.63, 3.8) is 0 Å². The molecule has 0 bridgehead atoms. The smallest absolute Gasteiger partial charge is 0.134 e. The topological polar surface area (TPSA) is 37.8 Å². The lowest BCUT2D eigenvalue weighted by molar-refractivity contribution is 0.483. The van der Waals surface area contributed by atoms with Crippen molar-refractivity contribution in [1.29, 1.82) is 0 Å². The molecule has 0 radical (unpaired) electrons. The van der Waals surface area contributed by atoms with Gasteiger partial charge in [-0.1, -0.05) is 38.8 Å². The molecule has 0 amide bonds. The van der Waals surface area contributed by atoms with Gasteiger partial charge in [-0.15, -0.1) is 0 Å². The van der Waals surface area contributed by atoms with E-state index in [-0.39, 0.29) is 0 Å². The molecule has 0 saturated carbocycles. The summed E-state index contributed by atoms with van der Waals surface area (Å²) in [5.74, 6) is 2.39. The molecule has 0 saturated heterocycles. The highest BCUT2D eigenvalue weighted by atomic mass is 35.5. The van der Waals surface area contributed by atoms with E-state index in [1.54, 1.807) is 6.07 Å². The Morgan fingerprint density at radius 2 is 2.00 bits per heavy atom. The summed E-state index contributed by atoms with van der Waals surface area (Å²) >= 11 is 6.01. The van der Waals surface area contributed by atoms with Crippen LogP contribution in [0, 0.1) is 5.92 Å². The van der Waals surface area contributed by atoms with Crippen LogP contribution in [0.25, 0.3) is 0 Å². The molecule has 3 nitrogen and oxygen atoms in total. The highest BCUT2D eigenvalue weighted by Gasteiger charge is 2.09. The number of aryl methyl sites for hydroxylation is 1. The van der Waals surface area contributed by atoms with E-state index in [1.807, 2.05) is 0 Å². The molecule has 0 aliphatic heterocycles. The summed E-state index contributed by atoms with van der Waals surface area (Å²) in [5, 5.41) is 3.93. The molecule has 0 spiro atoms. The number of hydrogen-bond acceptors (Lipinski definition) is 3. The van der Waals surface area contributed by atoms with E-state index >= 15 is 0 Å². The van der Waals surface area contributed by atoms with Crippen LogP contribution in [0.15, 0.2) is 6.07 Å². The zero-order valence-corrected chi connectivity index (χ0v) is 12.6. The minimum absolute atomic E-state index is 0.403. The number of rotatable bonds is 7. The van der Waals surface area contributed by atoms with Gasteiger partial charge in [0, 0.05) is 18.5 Å². The Hall–Kier alpha value is -0.830. The fourth-order valence-corrected chi connectivity index (χ4v) is 2.16. The summed E-state index contributed by atoms with van der Waals surface area (Å²) in [5.41, 5.74) is 0. The van der Waals surface area contributed by atoms with E-state index in [1.165, 1.54) is 6.42 Å². The number of nitrogens with one attached hydrogen (secondary N) is 1. The average molecular weight is 270 g/mol. The lowest BCUT2D eigenvalue weighted by atomic mass is 10.0. The maximum Gasteiger partial charge on any atom is 0.134 e. The van der Waals surface area contributed by atoms with Crippen LogP contribution < -0.4 is 5.32 Å². The molecule has 2 unspecified atom stereocenters. The van der Waals surface area contributed by atoms with Crippen molar-refractivity contribution in [3.8, 4) is 0 Å². The number of aromatic nitrogens is 2.